The van der Waals surface area contributed by atoms with Crippen molar-refractivity contribution in [2.45, 2.75) is 33.7 Å². The average Bonchev–Trinajstić information content (AvgIpc) is 2.30. The van der Waals surface area contributed by atoms with Crippen LogP contribution in [0.25, 0.3) is 0 Å². The molecule has 0 amide bonds. The Kier molecular flexibility index (Phi) is 4.70. The summed E-state index contributed by atoms with van der Waals surface area (Å²) in [4.78, 5) is 12.0. The van der Waals surface area contributed by atoms with Gasteiger partial charge in [0.05, 0.1) is 12.6 Å². The molecular weight excluding hydrogens is 214 g/mol. The maximum absolute atomic E-state index is 12.0. The van der Waals surface area contributed by atoms with Crippen LogP contribution in [-0.2, 0) is 0 Å². The number of ether oxygens (including phenoxy) is 1. The Morgan fingerprint density at radius 2 is 2.06 bits per heavy atom. The molecule has 0 heterocycles. The summed E-state index contributed by atoms with van der Waals surface area (Å²) in [6, 6.07) is 5.02. The van der Waals surface area contributed by atoms with Crippen molar-refractivity contribution in [2.24, 2.45) is 11.7 Å². The van der Waals surface area contributed by atoms with Gasteiger partial charge in [0.2, 0.25) is 0 Å². The summed E-state index contributed by atoms with van der Waals surface area (Å²) in [7, 11) is 0. The minimum Gasteiger partial charge on any atom is -0.494 e. The number of ketones is 1. The van der Waals surface area contributed by atoms with E-state index in [9.17, 15) is 4.79 Å². The van der Waals surface area contributed by atoms with Gasteiger partial charge in [-0.3, -0.25) is 4.79 Å². The lowest BCUT2D eigenvalue weighted by Crippen LogP contribution is -2.35. The number of carbonyl (C=O) groups is 1. The molecule has 3 nitrogen and oxygen atoms in total. The monoisotopic (exact) mass is 235 g/mol. The van der Waals surface area contributed by atoms with Crippen LogP contribution in [-0.4, -0.2) is 18.4 Å². The molecule has 3 heteroatoms. The third-order valence-corrected chi connectivity index (χ3v) is 2.78. The lowest BCUT2D eigenvalue weighted by atomic mass is 9.95. The molecule has 0 saturated carbocycles. The van der Waals surface area contributed by atoms with Crippen LogP contribution in [0, 0.1) is 12.8 Å². The average molecular weight is 235 g/mol. The zero-order valence-corrected chi connectivity index (χ0v) is 11.0. The van der Waals surface area contributed by atoms with Crippen molar-refractivity contribution in [1.29, 1.82) is 0 Å². The molecular formula is C14H21NO2. The largest absolute Gasteiger partial charge is 0.494 e. The van der Waals surface area contributed by atoms with Gasteiger partial charge in [0.1, 0.15) is 5.75 Å². The van der Waals surface area contributed by atoms with Crippen LogP contribution in [0.2, 0.25) is 0 Å². The van der Waals surface area contributed by atoms with Gasteiger partial charge >= 0.3 is 0 Å². The van der Waals surface area contributed by atoms with Crippen LogP contribution in [0.15, 0.2) is 18.2 Å². The van der Waals surface area contributed by atoms with E-state index in [0.717, 1.165) is 11.3 Å². The fourth-order valence-electron chi connectivity index (χ4n) is 1.62. The predicted octanol–water partition coefficient (Wildman–Crippen LogP) is 2.56. The van der Waals surface area contributed by atoms with Crippen molar-refractivity contribution < 1.29 is 9.53 Å². The lowest BCUT2D eigenvalue weighted by Gasteiger charge is -2.15. The van der Waals surface area contributed by atoms with Crippen LogP contribution in [0.1, 0.15) is 36.7 Å². The summed E-state index contributed by atoms with van der Waals surface area (Å²) >= 11 is 0. The summed E-state index contributed by atoms with van der Waals surface area (Å²) in [6.07, 6.45) is 0. The first kappa shape index (κ1) is 13.7. The molecule has 0 aliphatic heterocycles. The minimum absolute atomic E-state index is 0.00820. The highest BCUT2D eigenvalue weighted by atomic mass is 16.5. The third-order valence-electron chi connectivity index (χ3n) is 2.78. The van der Waals surface area contributed by atoms with Gasteiger partial charge in [-0.05, 0) is 43.5 Å². The summed E-state index contributed by atoms with van der Waals surface area (Å²) in [5.74, 6) is 0.961. The summed E-state index contributed by atoms with van der Waals surface area (Å²) in [5.41, 5.74) is 7.48. The number of hydrogen-bond acceptors (Lipinski definition) is 3. The zero-order valence-electron chi connectivity index (χ0n) is 11.0. The Labute approximate surface area is 103 Å². The molecule has 0 fully saturated rings. The number of benzene rings is 1. The Bertz CT molecular complexity index is 399. The van der Waals surface area contributed by atoms with Gasteiger partial charge in [0, 0.05) is 5.56 Å². The van der Waals surface area contributed by atoms with Crippen molar-refractivity contribution >= 4 is 5.78 Å². The molecule has 17 heavy (non-hydrogen) atoms. The summed E-state index contributed by atoms with van der Waals surface area (Å²) < 4.78 is 5.44. The van der Waals surface area contributed by atoms with E-state index in [1.165, 1.54) is 0 Å². The topological polar surface area (TPSA) is 52.3 Å². The van der Waals surface area contributed by atoms with E-state index < -0.39 is 6.04 Å². The normalized spacial score (nSPS) is 12.6. The summed E-state index contributed by atoms with van der Waals surface area (Å²) in [6.45, 7) is 8.39. The number of aryl methyl sites for hydroxylation is 1. The van der Waals surface area contributed by atoms with E-state index in [2.05, 4.69) is 0 Å². The van der Waals surface area contributed by atoms with Crippen molar-refractivity contribution in [3.05, 3.63) is 29.3 Å². The maximum atomic E-state index is 12.0. The first-order valence-electron chi connectivity index (χ1n) is 6.00. The third kappa shape index (κ3) is 3.30. The van der Waals surface area contributed by atoms with Crippen molar-refractivity contribution in [1.82, 2.24) is 0 Å². The molecule has 1 unspecified atom stereocenters. The summed E-state index contributed by atoms with van der Waals surface area (Å²) in [5, 5.41) is 0. The van der Waals surface area contributed by atoms with Crippen molar-refractivity contribution in [2.75, 3.05) is 6.61 Å². The van der Waals surface area contributed by atoms with Crippen LogP contribution in [0.3, 0.4) is 0 Å². The van der Waals surface area contributed by atoms with Gasteiger partial charge in [-0.25, -0.2) is 0 Å². The maximum Gasteiger partial charge on any atom is 0.179 e. The number of Topliss-reactive ketones (excluding diaryl/α,β-unsaturated/α-hetero) is 1. The molecule has 1 aromatic carbocycles. The van der Waals surface area contributed by atoms with Crippen LogP contribution < -0.4 is 10.5 Å². The fourth-order valence-corrected chi connectivity index (χ4v) is 1.62. The molecule has 0 spiro atoms. The second-order valence-electron chi connectivity index (χ2n) is 4.55. The standard InChI is InChI=1S/C14H21NO2/c1-5-17-12-7-6-11(8-10(12)4)14(16)13(15)9(2)3/h6-9,13H,5,15H2,1-4H3. The quantitative estimate of drug-likeness (QED) is 0.798. The number of hydrogen-bond donors (Lipinski definition) is 1. The smallest absolute Gasteiger partial charge is 0.179 e. The Morgan fingerprint density at radius 3 is 2.53 bits per heavy atom. The number of carbonyl (C=O) groups excluding carboxylic acids is 1. The Balaban J connectivity index is 2.93. The Hall–Kier alpha value is -1.35. The highest BCUT2D eigenvalue weighted by Crippen LogP contribution is 2.20. The molecule has 0 bridgehead atoms. The van der Waals surface area contributed by atoms with E-state index in [-0.39, 0.29) is 11.7 Å². The highest BCUT2D eigenvalue weighted by Gasteiger charge is 2.19. The molecule has 2 N–H and O–H groups in total. The van der Waals surface area contributed by atoms with Crippen LogP contribution in [0.4, 0.5) is 0 Å². The molecule has 0 saturated heterocycles. The molecule has 0 aliphatic rings. The second-order valence-corrected chi connectivity index (χ2v) is 4.55. The fraction of sp³-hybridized carbons (Fsp3) is 0.500. The molecule has 0 aliphatic carbocycles. The SMILES string of the molecule is CCOc1ccc(C(=O)C(N)C(C)C)cc1C. The molecule has 1 atom stereocenters. The van der Waals surface area contributed by atoms with E-state index >= 15 is 0 Å². The number of rotatable bonds is 5. The van der Waals surface area contributed by atoms with Gasteiger partial charge < -0.3 is 10.5 Å². The zero-order chi connectivity index (χ0) is 13.0. The molecule has 1 aromatic rings. The van der Waals surface area contributed by atoms with E-state index in [0.29, 0.717) is 12.2 Å². The van der Waals surface area contributed by atoms with Crippen LogP contribution >= 0.6 is 0 Å². The first-order chi connectivity index (χ1) is 7.97. The van der Waals surface area contributed by atoms with Crippen molar-refractivity contribution in [3.63, 3.8) is 0 Å². The van der Waals surface area contributed by atoms with Crippen molar-refractivity contribution in [3.8, 4) is 5.75 Å². The van der Waals surface area contributed by atoms with E-state index in [1.807, 2.05) is 39.8 Å². The van der Waals surface area contributed by atoms with Gasteiger partial charge in [-0.15, -0.1) is 0 Å². The number of nitrogens with two attached hydrogens (primary N) is 1. The highest BCUT2D eigenvalue weighted by molar-refractivity contribution is 6.00. The molecule has 1 rings (SSSR count). The lowest BCUT2D eigenvalue weighted by molar-refractivity contribution is 0.0940. The minimum atomic E-state index is -0.438. The second kappa shape index (κ2) is 5.82. The van der Waals surface area contributed by atoms with E-state index in [1.54, 1.807) is 6.07 Å². The van der Waals surface area contributed by atoms with Crippen LogP contribution in [0.5, 0.6) is 5.75 Å². The predicted molar refractivity (Wildman–Crippen MR) is 69.5 cm³/mol. The molecule has 0 aromatic heterocycles. The van der Waals surface area contributed by atoms with Gasteiger partial charge in [0.15, 0.2) is 5.78 Å². The van der Waals surface area contributed by atoms with Gasteiger partial charge in [-0.1, -0.05) is 13.8 Å². The Morgan fingerprint density at radius 1 is 1.41 bits per heavy atom. The first-order valence-corrected chi connectivity index (χ1v) is 6.00. The van der Waals surface area contributed by atoms with Gasteiger partial charge in [-0.2, -0.15) is 0 Å². The molecule has 0 radical (unpaired) electrons. The van der Waals surface area contributed by atoms with Gasteiger partial charge in [0.25, 0.3) is 0 Å². The van der Waals surface area contributed by atoms with E-state index in [4.69, 9.17) is 10.5 Å². The molecule has 94 valence electrons.